The second-order valence-corrected chi connectivity index (χ2v) is 2.16. The van der Waals surface area contributed by atoms with Crippen molar-refractivity contribution in [3.05, 3.63) is 12.3 Å². The standard InChI is InChI=1S/C6H6N4O/c11-5-4-10-6(9-5)7-2-1-3-8-10/h1-3H,4H2,(H,7,9,11). The first kappa shape index (κ1) is 6.09. The molecule has 5 heteroatoms. The van der Waals surface area contributed by atoms with Gasteiger partial charge in [-0.3, -0.25) is 10.1 Å². The van der Waals surface area contributed by atoms with Gasteiger partial charge >= 0.3 is 0 Å². The van der Waals surface area contributed by atoms with Gasteiger partial charge in [-0.15, -0.1) is 0 Å². The van der Waals surface area contributed by atoms with Crippen molar-refractivity contribution in [2.75, 3.05) is 6.54 Å². The minimum Gasteiger partial charge on any atom is -0.293 e. The molecule has 2 aliphatic rings. The van der Waals surface area contributed by atoms with Gasteiger partial charge in [0, 0.05) is 12.4 Å². The number of carbonyl (C=O) groups excluding carboxylic acids is 1. The summed E-state index contributed by atoms with van der Waals surface area (Å²) < 4.78 is 0. The summed E-state index contributed by atoms with van der Waals surface area (Å²) in [6, 6.07) is 0. The lowest BCUT2D eigenvalue weighted by atomic mass is 10.6. The summed E-state index contributed by atoms with van der Waals surface area (Å²) in [7, 11) is 0. The van der Waals surface area contributed by atoms with Gasteiger partial charge in [-0.05, 0) is 6.08 Å². The molecule has 0 atom stereocenters. The highest BCUT2D eigenvalue weighted by molar-refractivity contribution is 6.05. The van der Waals surface area contributed by atoms with E-state index in [2.05, 4.69) is 15.4 Å². The molecule has 0 bridgehead atoms. The van der Waals surface area contributed by atoms with Crippen molar-refractivity contribution in [3.8, 4) is 0 Å². The van der Waals surface area contributed by atoms with E-state index in [1.54, 1.807) is 18.5 Å². The monoisotopic (exact) mass is 150 g/mol. The third-order valence-corrected chi connectivity index (χ3v) is 1.36. The summed E-state index contributed by atoms with van der Waals surface area (Å²) in [6.07, 6.45) is 4.89. The lowest BCUT2D eigenvalue weighted by molar-refractivity contribution is -0.118. The van der Waals surface area contributed by atoms with Crippen molar-refractivity contribution in [2.24, 2.45) is 10.1 Å². The number of fused-ring (bicyclic) bond motifs is 1. The van der Waals surface area contributed by atoms with Crippen molar-refractivity contribution in [1.82, 2.24) is 10.3 Å². The Bertz CT molecular complexity index is 278. The summed E-state index contributed by atoms with van der Waals surface area (Å²) in [5.74, 6) is 0.427. The second kappa shape index (κ2) is 2.19. The highest BCUT2D eigenvalue weighted by Gasteiger charge is 2.24. The molecular weight excluding hydrogens is 144 g/mol. The number of aliphatic imine (C=N–C) groups is 1. The number of nitrogens with one attached hydrogen (secondary N) is 1. The van der Waals surface area contributed by atoms with Crippen LogP contribution in [0, 0.1) is 0 Å². The maximum Gasteiger partial charge on any atom is 0.248 e. The largest absolute Gasteiger partial charge is 0.293 e. The minimum absolute atomic E-state index is 0.0730. The molecule has 1 fully saturated rings. The predicted octanol–water partition coefficient (Wildman–Crippen LogP) is -0.713. The number of hydrogen-bond acceptors (Lipinski definition) is 4. The van der Waals surface area contributed by atoms with E-state index >= 15 is 0 Å². The molecule has 2 aliphatic heterocycles. The quantitative estimate of drug-likeness (QED) is 0.495. The van der Waals surface area contributed by atoms with Crippen LogP contribution in [0.4, 0.5) is 0 Å². The summed E-state index contributed by atoms with van der Waals surface area (Å²) in [6.45, 7) is 0.261. The van der Waals surface area contributed by atoms with Gasteiger partial charge in [-0.1, -0.05) is 0 Å². The molecule has 0 spiro atoms. The van der Waals surface area contributed by atoms with Crippen LogP contribution in [0.25, 0.3) is 0 Å². The Morgan fingerprint density at radius 1 is 1.64 bits per heavy atom. The first-order valence-electron chi connectivity index (χ1n) is 3.20. The first-order chi connectivity index (χ1) is 5.36. The van der Waals surface area contributed by atoms with Crippen LogP contribution >= 0.6 is 0 Å². The third-order valence-electron chi connectivity index (χ3n) is 1.36. The minimum atomic E-state index is -0.0730. The van der Waals surface area contributed by atoms with Crippen molar-refractivity contribution < 1.29 is 4.79 Å². The molecule has 1 amide bonds. The molecule has 0 radical (unpaired) electrons. The molecule has 1 N–H and O–H groups in total. The Balaban J connectivity index is 2.32. The van der Waals surface area contributed by atoms with E-state index in [4.69, 9.17) is 0 Å². The molecule has 2 heterocycles. The first-order valence-corrected chi connectivity index (χ1v) is 3.20. The smallest absolute Gasteiger partial charge is 0.248 e. The van der Waals surface area contributed by atoms with Crippen LogP contribution in [0.2, 0.25) is 0 Å². The van der Waals surface area contributed by atoms with Crippen LogP contribution in [-0.2, 0) is 4.79 Å². The molecule has 0 aromatic carbocycles. The summed E-state index contributed by atoms with van der Waals surface area (Å²) in [5.41, 5.74) is 0. The molecule has 5 nitrogen and oxygen atoms in total. The van der Waals surface area contributed by atoms with E-state index in [0.29, 0.717) is 5.96 Å². The topological polar surface area (TPSA) is 57.1 Å². The molecule has 1 saturated heterocycles. The van der Waals surface area contributed by atoms with Crippen LogP contribution < -0.4 is 5.32 Å². The van der Waals surface area contributed by atoms with Crippen molar-refractivity contribution in [2.45, 2.75) is 0 Å². The summed E-state index contributed by atoms with van der Waals surface area (Å²) in [5, 5.41) is 8.03. The SMILES string of the molecule is O=C1CN2N=CC=CN=C2N1. The summed E-state index contributed by atoms with van der Waals surface area (Å²) >= 11 is 0. The van der Waals surface area contributed by atoms with Crippen LogP contribution in [0.5, 0.6) is 0 Å². The highest BCUT2D eigenvalue weighted by Crippen LogP contribution is 2.01. The fourth-order valence-corrected chi connectivity index (χ4v) is 0.905. The second-order valence-electron chi connectivity index (χ2n) is 2.16. The molecule has 0 saturated carbocycles. The fourth-order valence-electron chi connectivity index (χ4n) is 0.905. The Labute approximate surface area is 63.1 Å². The zero-order valence-corrected chi connectivity index (χ0v) is 5.69. The van der Waals surface area contributed by atoms with Gasteiger partial charge in [0.1, 0.15) is 6.54 Å². The van der Waals surface area contributed by atoms with Crippen molar-refractivity contribution in [1.29, 1.82) is 0 Å². The van der Waals surface area contributed by atoms with Crippen LogP contribution in [0.3, 0.4) is 0 Å². The van der Waals surface area contributed by atoms with Gasteiger partial charge in [0.15, 0.2) is 0 Å². The predicted molar refractivity (Wildman–Crippen MR) is 39.9 cm³/mol. The molecule has 0 unspecified atom stereocenters. The average Bonchev–Trinajstić information content (AvgIpc) is 2.17. The maximum absolute atomic E-state index is 10.8. The van der Waals surface area contributed by atoms with Gasteiger partial charge < -0.3 is 0 Å². The van der Waals surface area contributed by atoms with Crippen molar-refractivity contribution in [3.63, 3.8) is 0 Å². The molecule has 56 valence electrons. The lowest BCUT2D eigenvalue weighted by Crippen LogP contribution is -2.25. The number of carbonyl (C=O) groups is 1. The van der Waals surface area contributed by atoms with Gasteiger partial charge in [0.25, 0.3) is 0 Å². The molecule has 2 rings (SSSR count). The number of hydrogen-bond donors (Lipinski definition) is 1. The van der Waals surface area contributed by atoms with Gasteiger partial charge in [0.05, 0.1) is 0 Å². The maximum atomic E-state index is 10.8. The number of amides is 1. The number of rotatable bonds is 0. The van der Waals surface area contributed by atoms with Crippen LogP contribution in [0.1, 0.15) is 0 Å². The molecule has 0 aromatic rings. The van der Waals surface area contributed by atoms with E-state index in [-0.39, 0.29) is 12.5 Å². The average molecular weight is 150 g/mol. The third kappa shape index (κ3) is 1.000. The Kier molecular flexibility index (Phi) is 1.21. The zero-order chi connectivity index (χ0) is 7.68. The zero-order valence-electron chi connectivity index (χ0n) is 5.69. The number of guanidine groups is 1. The number of allylic oxidation sites excluding steroid dienone is 1. The number of hydrazone groups is 1. The van der Waals surface area contributed by atoms with Gasteiger partial charge in [-0.25, -0.2) is 10.0 Å². The van der Waals surface area contributed by atoms with Crippen LogP contribution in [-0.4, -0.2) is 29.6 Å². The summed E-state index contributed by atoms with van der Waals surface area (Å²) in [4.78, 5) is 14.7. The van der Waals surface area contributed by atoms with Crippen molar-refractivity contribution >= 4 is 18.1 Å². The fraction of sp³-hybridized carbons (Fsp3) is 0.167. The van der Waals surface area contributed by atoms with Crippen LogP contribution in [0.15, 0.2) is 22.4 Å². The molecule has 0 aliphatic carbocycles. The van der Waals surface area contributed by atoms with Gasteiger partial charge in [-0.2, -0.15) is 5.10 Å². The normalized spacial score (nSPS) is 20.9. The van der Waals surface area contributed by atoms with E-state index in [1.165, 1.54) is 5.01 Å². The van der Waals surface area contributed by atoms with E-state index in [9.17, 15) is 4.79 Å². The molecule has 0 aromatic heterocycles. The van der Waals surface area contributed by atoms with E-state index < -0.39 is 0 Å². The highest BCUT2D eigenvalue weighted by atomic mass is 16.2. The van der Waals surface area contributed by atoms with E-state index in [1.807, 2.05) is 0 Å². The lowest BCUT2D eigenvalue weighted by Gasteiger charge is -2.05. The Hall–Kier alpha value is -1.65. The molecular formula is C6H6N4O. The Morgan fingerprint density at radius 3 is 3.45 bits per heavy atom. The van der Waals surface area contributed by atoms with E-state index in [0.717, 1.165) is 0 Å². The van der Waals surface area contributed by atoms with Gasteiger partial charge in [0.2, 0.25) is 11.9 Å². The Morgan fingerprint density at radius 2 is 2.55 bits per heavy atom. The molecule has 11 heavy (non-hydrogen) atoms. The number of nitrogens with zero attached hydrogens (tertiary/aromatic N) is 3.